The van der Waals surface area contributed by atoms with Crippen LogP contribution in [0.2, 0.25) is 0 Å². The van der Waals surface area contributed by atoms with E-state index in [9.17, 15) is 9.90 Å². The third-order valence-corrected chi connectivity index (χ3v) is 4.38. The summed E-state index contributed by atoms with van der Waals surface area (Å²) in [4.78, 5) is 17.0. The van der Waals surface area contributed by atoms with Crippen molar-refractivity contribution in [1.82, 2.24) is 10.3 Å². The van der Waals surface area contributed by atoms with Gasteiger partial charge in [-0.2, -0.15) is 0 Å². The van der Waals surface area contributed by atoms with Crippen molar-refractivity contribution in [1.29, 1.82) is 0 Å². The Kier molecular flexibility index (Phi) is 4.60. The largest absolute Gasteiger partial charge is 0.507 e. The van der Waals surface area contributed by atoms with E-state index in [1.807, 2.05) is 19.1 Å². The van der Waals surface area contributed by atoms with Crippen LogP contribution in [-0.2, 0) is 25.8 Å². The average molecular weight is 310 g/mol. The maximum absolute atomic E-state index is 12.3. The number of fused-ring (bicyclic) bond motifs is 1. The number of benzene rings is 1. The predicted octanol–water partition coefficient (Wildman–Crippen LogP) is 3.16. The summed E-state index contributed by atoms with van der Waals surface area (Å²) in [7, 11) is 0. The third kappa shape index (κ3) is 3.52. The van der Waals surface area contributed by atoms with E-state index in [0.29, 0.717) is 12.1 Å². The van der Waals surface area contributed by atoms with Gasteiger partial charge in [-0.15, -0.1) is 0 Å². The van der Waals surface area contributed by atoms with Crippen molar-refractivity contribution in [2.45, 2.75) is 45.6 Å². The molecule has 0 radical (unpaired) electrons. The van der Waals surface area contributed by atoms with Gasteiger partial charge in [-0.25, -0.2) is 0 Å². The molecular formula is C19H22N2O2. The zero-order chi connectivity index (χ0) is 16.2. The summed E-state index contributed by atoms with van der Waals surface area (Å²) in [5, 5.41) is 12.7. The predicted molar refractivity (Wildman–Crippen MR) is 89.5 cm³/mol. The second kappa shape index (κ2) is 6.82. The zero-order valence-electron chi connectivity index (χ0n) is 13.4. The molecule has 4 nitrogen and oxygen atoms in total. The molecule has 120 valence electrons. The highest BCUT2D eigenvalue weighted by molar-refractivity contribution is 5.96. The van der Waals surface area contributed by atoms with E-state index in [-0.39, 0.29) is 11.7 Å². The molecule has 0 unspecified atom stereocenters. The molecule has 1 aliphatic carbocycles. The number of pyridine rings is 1. The summed E-state index contributed by atoms with van der Waals surface area (Å²) < 4.78 is 0. The Labute approximate surface area is 136 Å². The molecule has 0 fully saturated rings. The minimum absolute atomic E-state index is 0.0121. The number of amides is 1. The first kappa shape index (κ1) is 15.5. The fourth-order valence-electron chi connectivity index (χ4n) is 2.98. The number of carbonyl (C=O) groups excluding carboxylic acids is 1. The maximum Gasteiger partial charge on any atom is 0.255 e. The fraction of sp³-hybridized carbons (Fsp3) is 0.368. The van der Waals surface area contributed by atoms with Crippen LogP contribution in [0.4, 0.5) is 0 Å². The number of aryl methyl sites for hydroxylation is 3. The molecule has 23 heavy (non-hydrogen) atoms. The van der Waals surface area contributed by atoms with Crippen molar-refractivity contribution >= 4 is 5.91 Å². The van der Waals surface area contributed by atoms with Gasteiger partial charge in [0, 0.05) is 5.69 Å². The number of hydrogen-bond donors (Lipinski definition) is 2. The molecule has 3 rings (SSSR count). The normalized spacial score (nSPS) is 13.4. The fourth-order valence-corrected chi connectivity index (χ4v) is 2.98. The van der Waals surface area contributed by atoms with Crippen LogP contribution in [0.3, 0.4) is 0 Å². The van der Waals surface area contributed by atoms with Crippen LogP contribution < -0.4 is 5.32 Å². The van der Waals surface area contributed by atoms with Gasteiger partial charge in [0.15, 0.2) is 0 Å². The zero-order valence-corrected chi connectivity index (χ0v) is 13.4. The van der Waals surface area contributed by atoms with Crippen molar-refractivity contribution in [2.24, 2.45) is 0 Å². The molecule has 0 atom stereocenters. The number of aromatic nitrogens is 1. The molecule has 0 saturated carbocycles. The van der Waals surface area contributed by atoms with Gasteiger partial charge >= 0.3 is 0 Å². The summed E-state index contributed by atoms with van der Waals surface area (Å²) in [5.74, 6) is -0.254. The number of nitrogens with one attached hydrogen (secondary N) is 1. The Morgan fingerprint density at radius 2 is 2.04 bits per heavy atom. The first-order valence-electron chi connectivity index (χ1n) is 8.25. The topological polar surface area (TPSA) is 62.2 Å². The molecule has 4 heteroatoms. The SMILES string of the molecule is CCc1ccc(O)c(C(=O)NCc2ccc3c(n2)CCCC3)c1. The summed E-state index contributed by atoms with van der Waals surface area (Å²) >= 11 is 0. The van der Waals surface area contributed by atoms with Gasteiger partial charge in [0.05, 0.1) is 17.8 Å². The van der Waals surface area contributed by atoms with E-state index in [1.54, 1.807) is 12.1 Å². The smallest absolute Gasteiger partial charge is 0.255 e. The van der Waals surface area contributed by atoms with Crippen molar-refractivity contribution in [3.63, 3.8) is 0 Å². The lowest BCUT2D eigenvalue weighted by Gasteiger charge is -2.15. The molecule has 1 aromatic heterocycles. The van der Waals surface area contributed by atoms with Crippen molar-refractivity contribution in [2.75, 3.05) is 0 Å². The van der Waals surface area contributed by atoms with Crippen LogP contribution >= 0.6 is 0 Å². The highest BCUT2D eigenvalue weighted by Gasteiger charge is 2.14. The van der Waals surface area contributed by atoms with Gasteiger partial charge in [-0.3, -0.25) is 9.78 Å². The monoisotopic (exact) mass is 310 g/mol. The van der Waals surface area contributed by atoms with Gasteiger partial charge in [0.2, 0.25) is 0 Å². The lowest BCUT2D eigenvalue weighted by atomic mass is 9.96. The van der Waals surface area contributed by atoms with Crippen LogP contribution in [0.25, 0.3) is 0 Å². The molecule has 2 aromatic rings. The second-order valence-electron chi connectivity index (χ2n) is 6.00. The van der Waals surface area contributed by atoms with E-state index in [2.05, 4.69) is 16.4 Å². The molecule has 1 heterocycles. The van der Waals surface area contributed by atoms with Crippen LogP contribution in [0.5, 0.6) is 5.75 Å². The highest BCUT2D eigenvalue weighted by Crippen LogP contribution is 2.20. The number of rotatable bonds is 4. The Bertz CT molecular complexity index is 725. The van der Waals surface area contributed by atoms with Crippen LogP contribution in [0.1, 0.15) is 52.6 Å². The maximum atomic E-state index is 12.3. The lowest BCUT2D eigenvalue weighted by molar-refractivity contribution is 0.0947. The number of aromatic hydroxyl groups is 1. The molecule has 0 saturated heterocycles. The summed E-state index contributed by atoms with van der Waals surface area (Å²) in [6, 6.07) is 9.25. The summed E-state index contributed by atoms with van der Waals surface area (Å²) in [6.45, 7) is 2.40. The van der Waals surface area contributed by atoms with Gasteiger partial charge < -0.3 is 10.4 Å². The number of hydrogen-bond acceptors (Lipinski definition) is 3. The van der Waals surface area contributed by atoms with Crippen molar-refractivity contribution in [3.05, 3.63) is 58.4 Å². The standard InChI is InChI=1S/C19H22N2O2/c1-2-13-7-10-18(22)16(11-13)19(23)20-12-15-9-8-14-5-3-4-6-17(14)21-15/h7-11,22H,2-6,12H2,1H3,(H,20,23). The molecule has 1 aromatic carbocycles. The van der Waals surface area contributed by atoms with Crippen LogP contribution in [0.15, 0.2) is 30.3 Å². The van der Waals surface area contributed by atoms with E-state index in [1.165, 1.54) is 24.1 Å². The minimum Gasteiger partial charge on any atom is -0.507 e. The quantitative estimate of drug-likeness (QED) is 0.912. The van der Waals surface area contributed by atoms with Crippen molar-refractivity contribution < 1.29 is 9.90 Å². The molecule has 2 N–H and O–H groups in total. The molecule has 0 aliphatic heterocycles. The van der Waals surface area contributed by atoms with Gasteiger partial charge in [0.25, 0.3) is 5.91 Å². The van der Waals surface area contributed by atoms with Crippen LogP contribution in [-0.4, -0.2) is 16.0 Å². The summed E-state index contributed by atoms with van der Waals surface area (Å²) in [6.07, 6.45) is 5.38. The Balaban J connectivity index is 1.69. The van der Waals surface area contributed by atoms with E-state index < -0.39 is 0 Å². The highest BCUT2D eigenvalue weighted by atomic mass is 16.3. The first-order chi connectivity index (χ1) is 11.2. The van der Waals surface area contributed by atoms with Crippen LogP contribution in [0, 0.1) is 0 Å². The van der Waals surface area contributed by atoms with Gasteiger partial charge in [0.1, 0.15) is 5.75 Å². The van der Waals surface area contributed by atoms with Gasteiger partial charge in [-0.1, -0.05) is 19.1 Å². The first-order valence-corrected chi connectivity index (χ1v) is 8.25. The molecule has 1 amide bonds. The molecule has 0 spiro atoms. The molecular weight excluding hydrogens is 288 g/mol. The number of phenols is 1. The second-order valence-corrected chi connectivity index (χ2v) is 6.00. The molecule has 0 bridgehead atoms. The van der Waals surface area contributed by atoms with E-state index in [4.69, 9.17) is 0 Å². The van der Waals surface area contributed by atoms with Crippen molar-refractivity contribution in [3.8, 4) is 5.75 Å². The minimum atomic E-state index is -0.266. The molecule has 1 aliphatic rings. The number of carbonyl (C=O) groups is 1. The lowest BCUT2D eigenvalue weighted by Crippen LogP contribution is -2.24. The Hall–Kier alpha value is -2.36. The number of nitrogens with zero attached hydrogens (tertiary/aromatic N) is 1. The van der Waals surface area contributed by atoms with E-state index in [0.717, 1.165) is 30.5 Å². The number of phenolic OH excluding ortho intramolecular Hbond substituents is 1. The Morgan fingerprint density at radius 3 is 2.87 bits per heavy atom. The summed E-state index contributed by atoms with van der Waals surface area (Å²) in [5.41, 5.74) is 4.71. The average Bonchev–Trinajstić information content (AvgIpc) is 2.60. The Morgan fingerprint density at radius 1 is 1.22 bits per heavy atom. The van der Waals surface area contributed by atoms with E-state index >= 15 is 0 Å². The third-order valence-electron chi connectivity index (χ3n) is 4.38. The van der Waals surface area contributed by atoms with Gasteiger partial charge in [-0.05, 0) is 61.4 Å².